The van der Waals surface area contributed by atoms with Crippen molar-refractivity contribution in [1.29, 1.82) is 0 Å². The molecule has 0 bridgehead atoms. The van der Waals surface area contributed by atoms with Crippen LogP contribution >= 0.6 is 0 Å². The summed E-state index contributed by atoms with van der Waals surface area (Å²) >= 11 is 0. The van der Waals surface area contributed by atoms with E-state index < -0.39 is 0 Å². The number of anilines is 3. The molecule has 0 aliphatic heterocycles. The average molecular weight is 400 g/mol. The molecule has 2 aromatic heterocycles. The second kappa shape index (κ2) is 7.94. The molecule has 4 aromatic rings. The summed E-state index contributed by atoms with van der Waals surface area (Å²) in [7, 11) is 0. The Morgan fingerprint density at radius 1 is 0.933 bits per heavy atom. The first kappa shape index (κ1) is 19.6. The topological polar surface area (TPSA) is 84.7 Å². The van der Waals surface area contributed by atoms with Crippen molar-refractivity contribution >= 4 is 34.1 Å². The largest absolute Gasteiger partial charge is 0.337 e. The zero-order valence-electron chi connectivity index (χ0n) is 17.5. The van der Waals surface area contributed by atoms with E-state index in [4.69, 9.17) is 9.97 Å². The number of rotatable bonds is 5. The minimum Gasteiger partial charge on any atom is -0.337 e. The lowest BCUT2D eigenvalue weighted by Gasteiger charge is -2.14. The molecule has 0 saturated carbocycles. The van der Waals surface area contributed by atoms with Gasteiger partial charge in [-0.3, -0.25) is 4.79 Å². The number of nitrogens with one attached hydrogen (secondary N) is 2. The van der Waals surface area contributed by atoms with E-state index >= 15 is 0 Å². The highest BCUT2D eigenvalue weighted by Gasteiger charge is 2.15. The van der Waals surface area contributed by atoms with Crippen LogP contribution in [0.25, 0.3) is 16.9 Å². The molecule has 4 rings (SSSR count). The molecule has 0 unspecified atom stereocenters. The van der Waals surface area contributed by atoms with Gasteiger partial charge in [-0.25, -0.2) is 14.6 Å². The molecule has 152 valence electrons. The third kappa shape index (κ3) is 4.00. The molecule has 0 aliphatic carbocycles. The van der Waals surface area contributed by atoms with Gasteiger partial charge >= 0.3 is 0 Å². The van der Waals surface area contributed by atoms with Crippen LogP contribution < -0.4 is 10.6 Å². The van der Waals surface area contributed by atoms with Gasteiger partial charge in [0.15, 0.2) is 11.6 Å². The van der Waals surface area contributed by atoms with Crippen molar-refractivity contribution in [2.24, 2.45) is 0 Å². The SMILES string of the molecule is CCC(=O)Nc1ccc(Nc2nc3ccc(C)cc3nc2-n2nc(C)cc2C)cc1. The van der Waals surface area contributed by atoms with Crippen LogP contribution in [0.15, 0.2) is 48.5 Å². The maximum absolute atomic E-state index is 11.6. The predicted molar refractivity (Wildman–Crippen MR) is 120 cm³/mol. The summed E-state index contributed by atoms with van der Waals surface area (Å²) in [4.78, 5) is 21.3. The Morgan fingerprint density at radius 3 is 2.33 bits per heavy atom. The Labute approximate surface area is 175 Å². The molecule has 0 aliphatic rings. The van der Waals surface area contributed by atoms with E-state index in [1.807, 2.05) is 80.9 Å². The normalized spacial score (nSPS) is 10.9. The van der Waals surface area contributed by atoms with E-state index in [1.54, 1.807) is 0 Å². The molecule has 2 aromatic carbocycles. The van der Waals surface area contributed by atoms with E-state index in [1.165, 1.54) is 0 Å². The monoisotopic (exact) mass is 400 g/mol. The fraction of sp³-hybridized carbons (Fsp3) is 0.217. The van der Waals surface area contributed by atoms with Gasteiger partial charge in [-0.05, 0) is 68.8 Å². The molecule has 7 heteroatoms. The van der Waals surface area contributed by atoms with Crippen LogP contribution in [0.1, 0.15) is 30.3 Å². The van der Waals surface area contributed by atoms with Gasteiger partial charge < -0.3 is 10.6 Å². The summed E-state index contributed by atoms with van der Waals surface area (Å²) in [5.41, 5.74) is 6.25. The average Bonchev–Trinajstić information content (AvgIpc) is 3.06. The standard InChI is InChI=1S/C23H24N6O/c1-5-21(30)24-17-7-9-18(10-8-17)25-22-23(29-16(4)13-15(3)28-29)27-20-12-14(2)6-11-19(20)26-22/h6-13H,5H2,1-4H3,(H,24,30)(H,25,26). The summed E-state index contributed by atoms with van der Waals surface area (Å²) < 4.78 is 1.81. The van der Waals surface area contributed by atoms with Crippen molar-refractivity contribution in [3.8, 4) is 5.82 Å². The summed E-state index contributed by atoms with van der Waals surface area (Å²) in [6.45, 7) is 7.82. The van der Waals surface area contributed by atoms with E-state index in [0.29, 0.717) is 18.1 Å². The number of aryl methyl sites for hydroxylation is 3. The van der Waals surface area contributed by atoms with E-state index in [9.17, 15) is 4.79 Å². The molecular weight excluding hydrogens is 376 g/mol. The second-order valence-electron chi connectivity index (χ2n) is 7.33. The molecule has 1 amide bonds. The molecule has 0 fully saturated rings. The van der Waals surface area contributed by atoms with Crippen LogP contribution in [0.5, 0.6) is 0 Å². The third-order valence-electron chi connectivity index (χ3n) is 4.76. The lowest BCUT2D eigenvalue weighted by atomic mass is 10.2. The maximum atomic E-state index is 11.6. The maximum Gasteiger partial charge on any atom is 0.224 e. The molecule has 0 spiro atoms. The van der Waals surface area contributed by atoms with Crippen LogP contribution in [0.3, 0.4) is 0 Å². The number of benzene rings is 2. The Balaban J connectivity index is 1.75. The van der Waals surface area contributed by atoms with Gasteiger partial charge in [0.1, 0.15) is 0 Å². The molecular formula is C23H24N6O. The molecule has 2 heterocycles. The van der Waals surface area contributed by atoms with Crippen molar-refractivity contribution < 1.29 is 4.79 Å². The zero-order valence-corrected chi connectivity index (χ0v) is 17.5. The molecule has 7 nitrogen and oxygen atoms in total. The van der Waals surface area contributed by atoms with E-state index in [2.05, 4.69) is 15.7 Å². The summed E-state index contributed by atoms with van der Waals surface area (Å²) in [6.07, 6.45) is 0.443. The minimum absolute atomic E-state index is 0.0155. The van der Waals surface area contributed by atoms with Crippen molar-refractivity contribution in [3.05, 3.63) is 65.5 Å². The Bertz CT molecular complexity index is 1230. The highest BCUT2D eigenvalue weighted by Crippen LogP contribution is 2.26. The number of carbonyl (C=O) groups is 1. The van der Waals surface area contributed by atoms with Crippen LogP contribution in [0, 0.1) is 20.8 Å². The number of hydrogen-bond acceptors (Lipinski definition) is 5. The molecule has 30 heavy (non-hydrogen) atoms. The van der Waals surface area contributed by atoms with Crippen LogP contribution in [0.4, 0.5) is 17.2 Å². The number of fused-ring (bicyclic) bond motifs is 1. The number of hydrogen-bond donors (Lipinski definition) is 2. The fourth-order valence-corrected chi connectivity index (χ4v) is 3.25. The molecule has 0 radical (unpaired) electrons. The van der Waals surface area contributed by atoms with Gasteiger partial charge in [0, 0.05) is 23.5 Å². The van der Waals surface area contributed by atoms with E-state index in [0.717, 1.165) is 39.4 Å². The highest BCUT2D eigenvalue weighted by atomic mass is 16.1. The van der Waals surface area contributed by atoms with Crippen molar-refractivity contribution in [2.75, 3.05) is 10.6 Å². The van der Waals surface area contributed by atoms with Gasteiger partial charge in [-0.2, -0.15) is 5.10 Å². The Morgan fingerprint density at radius 2 is 1.67 bits per heavy atom. The summed E-state index contributed by atoms with van der Waals surface area (Å²) in [5.74, 6) is 1.24. The summed E-state index contributed by atoms with van der Waals surface area (Å²) in [6, 6.07) is 15.5. The van der Waals surface area contributed by atoms with Crippen LogP contribution in [-0.4, -0.2) is 25.7 Å². The first-order chi connectivity index (χ1) is 14.4. The Kier molecular flexibility index (Phi) is 5.18. The van der Waals surface area contributed by atoms with Crippen molar-refractivity contribution in [1.82, 2.24) is 19.7 Å². The molecule has 2 N–H and O–H groups in total. The van der Waals surface area contributed by atoms with Gasteiger partial charge in [-0.15, -0.1) is 0 Å². The van der Waals surface area contributed by atoms with Gasteiger partial charge in [0.05, 0.1) is 16.7 Å². The number of carbonyl (C=O) groups excluding carboxylic acids is 1. The summed E-state index contributed by atoms with van der Waals surface area (Å²) in [5, 5.41) is 10.8. The highest BCUT2D eigenvalue weighted by molar-refractivity contribution is 5.90. The van der Waals surface area contributed by atoms with E-state index in [-0.39, 0.29) is 5.91 Å². The molecule has 0 atom stereocenters. The first-order valence-corrected chi connectivity index (χ1v) is 9.92. The van der Waals surface area contributed by atoms with Gasteiger partial charge in [0.25, 0.3) is 0 Å². The smallest absolute Gasteiger partial charge is 0.224 e. The lowest BCUT2D eigenvalue weighted by Crippen LogP contribution is -2.10. The number of amides is 1. The van der Waals surface area contributed by atoms with Crippen molar-refractivity contribution in [2.45, 2.75) is 34.1 Å². The number of nitrogens with zero attached hydrogens (tertiary/aromatic N) is 4. The zero-order chi connectivity index (χ0) is 21.3. The lowest BCUT2D eigenvalue weighted by molar-refractivity contribution is -0.115. The fourth-order valence-electron chi connectivity index (χ4n) is 3.25. The first-order valence-electron chi connectivity index (χ1n) is 9.92. The van der Waals surface area contributed by atoms with Gasteiger partial charge in [0.2, 0.25) is 5.91 Å². The Hall–Kier alpha value is -3.74. The van der Waals surface area contributed by atoms with Gasteiger partial charge in [-0.1, -0.05) is 13.0 Å². The minimum atomic E-state index is -0.0155. The van der Waals surface area contributed by atoms with Crippen LogP contribution in [0.2, 0.25) is 0 Å². The van der Waals surface area contributed by atoms with Crippen molar-refractivity contribution in [3.63, 3.8) is 0 Å². The van der Waals surface area contributed by atoms with Crippen LogP contribution in [-0.2, 0) is 4.79 Å². The third-order valence-corrected chi connectivity index (χ3v) is 4.76. The predicted octanol–water partition coefficient (Wildman–Crippen LogP) is 4.83. The molecule has 0 saturated heterocycles. The quantitative estimate of drug-likeness (QED) is 0.501. The second-order valence-corrected chi connectivity index (χ2v) is 7.33. The number of aromatic nitrogens is 4.